The average Bonchev–Trinajstić information content (AvgIpc) is 3.28. The minimum absolute atomic E-state index is 0.0397. The number of hydrogen-bond donors (Lipinski definition) is 2. The highest BCUT2D eigenvalue weighted by Gasteiger charge is 2.30. The van der Waals surface area contributed by atoms with E-state index >= 15 is 0 Å². The number of nitrogens with zero attached hydrogens (tertiary/aromatic N) is 1. The molecule has 0 amide bonds. The molecular weight excluding hydrogens is 358 g/mol. The van der Waals surface area contributed by atoms with E-state index in [0.717, 1.165) is 41.6 Å². The highest BCUT2D eigenvalue weighted by Crippen LogP contribution is 2.32. The van der Waals surface area contributed by atoms with E-state index in [2.05, 4.69) is 70.2 Å². The van der Waals surface area contributed by atoms with Crippen molar-refractivity contribution in [3.05, 3.63) is 102 Å². The van der Waals surface area contributed by atoms with Crippen molar-refractivity contribution in [3.63, 3.8) is 0 Å². The van der Waals surface area contributed by atoms with Crippen molar-refractivity contribution >= 4 is 11.0 Å². The van der Waals surface area contributed by atoms with Gasteiger partial charge in [0.05, 0.1) is 18.0 Å². The Hall–Kier alpha value is -2.95. The van der Waals surface area contributed by atoms with Crippen LogP contribution >= 0.6 is 0 Å². The third-order valence-corrected chi connectivity index (χ3v) is 5.80. The van der Waals surface area contributed by atoms with Gasteiger partial charge in [0.25, 0.3) is 0 Å². The molecule has 0 saturated carbocycles. The van der Waals surface area contributed by atoms with Gasteiger partial charge in [0.15, 0.2) is 0 Å². The number of para-hydroxylation sites is 1. The number of fused-ring (bicyclic) bond motifs is 1. The molecule has 2 N–H and O–H groups in total. The Labute approximate surface area is 171 Å². The minimum Gasteiger partial charge on any atom is -0.464 e. The zero-order valence-corrected chi connectivity index (χ0v) is 16.3. The van der Waals surface area contributed by atoms with Crippen molar-refractivity contribution in [2.75, 3.05) is 6.54 Å². The summed E-state index contributed by atoms with van der Waals surface area (Å²) in [4.78, 5) is 4.69. The van der Waals surface area contributed by atoms with Gasteiger partial charge >= 0.3 is 0 Å². The molecule has 4 aromatic rings. The largest absolute Gasteiger partial charge is 0.464 e. The Morgan fingerprint density at radius 3 is 2.72 bits per heavy atom. The number of pyridine rings is 1. The minimum atomic E-state index is -0.0397. The molecule has 3 atom stereocenters. The fourth-order valence-electron chi connectivity index (χ4n) is 4.42. The molecule has 0 bridgehead atoms. The molecule has 0 radical (unpaired) electrons. The summed E-state index contributed by atoms with van der Waals surface area (Å²) in [5, 5.41) is 8.77. The maximum absolute atomic E-state index is 5.87. The Morgan fingerprint density at radius 2 is 1.86 bits per heavy atom. The number of aromatic nitrogens is 1. The van der Waals surface area contributed by atoms with Gasteiger partial charge in [-0.2, -0.15) is 0 Å². The molecule has 2 aromatic carbocycles. The second-order valence-electron chi connectivity index (χ2n) is 7.63. The fourth-order valence-corrected chi connectivity index (χ4v) is 4.42. The molecule has 1 saturated heterocycles. The quantitative estimate of drug-likeness (QED) is 0.509. The van der Waals surface area contributed by atoms with Crippen LogP contribution < -0.4 is 10.6 Å². The standard InChI is InChI=1S/C25H25N3O/c1-2-8-18(9-3-1)23-22(13-7-16-27-23)28-24(21-12-4-5-15-26-21)20-11-6-10-19-14-17-29-25(19)20/h1-6,8-12,14-15,17,22-24,27-28H,7,13,16H2. The van der Waals surface area contributed by atoms with Crippen LogP contribution in [0.3, 0.4) is 0 Å². The molecule has 1 aliphatic rings. The topological polar surface area (TPSA) is 50.1 Å². The zero-order valence-electron chi connectivity index (χ0n) is 16.3. The number of rotatable bonds is 5. The van der Waals surface area contributed by atoms with E-state index in [1.807, 2.05) is 24.4 Å². The Bertz CT molecular complexity index is 1060. The summed E-state index contributed by atoms with van der Waals surface area (Å²) in [6.07, 6.45) is 5.89. The SMILES string of the molecule is c1ccc(C2NCCCC2NC(c2ccccn2)c2cccc3ccoc23)cc1. The molecule has 3 unspecified atom stereocenters. The first kappa shape index (κ1) is 18.1. The van der Waals surface area contributed by atoms with Gasteiger partial charge in [0.1, 0.15) is 5.58 Å². The van der Waals surface area contributed by atoms with Crippen LogP contribution in [0.4, 0.5) is 0 Å². The molecule has 0 aliphatic carbocycles. The lowest BCUT2D eigenvalue weighted by molar-refractivity contribution is 0.291. The van der Waals surface area contributed by atoms with Gasteiger partial charge in [-0.25, -0.2) is 0 Å². The van der Waals surface area contributed by atoms with Crippen LogP contribution in [-0.4, -0.2) is 17.6 Å². The summed E-state index contributed by atoms with van der Waals surface area (Å²) >= 11 is 0. The van der Waals surface area contributed by atoms with Crippen LogP contribution in [-0.2, 0) is 0 Å². The van der Waals surface area contributed by atoms with Gasteiger partial charge in [-0.05, 0) is 43.1 Å². The third kappa shape index (κ3) is 3.69. The van der Waals surface area contributed by atoms with Crippen LogP contribution in [0.2, 0.25) is 0 Å². The van der Waals surface area contributed by atoms with E-state index in [9.17, 15) is 0 Å². The molecule has 3 heterocycles. The first-order chi connectivity index (χ1) is 14.4. The second-order valence-corrected chi connectivity index (χ2v) is 7.63. The van der Waals surface area contributed by atoms with Crippen LogP contribution in [0, 0.1) is 0 Å². The lowest BCUT2D eigenvalue weighted by Gasteiger charge is -2.36. The molecule has 29 heavy (non-hydrogen) atoms. The van der Waals surface area contributed by atoms with Gasteiger partial charge in [0, 0.05) is 29.2 Å². The zero-order chi connectivity index (χ0) is 19.5. The van der Waals surface area contributed by atoms with E-state index in [0.29, 0.717) is 6.04 Å². The van der Waals surface area contributed by atoms with Crippen molar-refractivity contribution in [1.29, 1.82) is 0 Å². The Balaban J connectivity index is 1.54. The lowest BCUT2D eigenvalue weighted by atomic mass is 9.90. The van der Waals surface area contributed by atoms with E-state index < -0.39 is 0 Å². The average molecular weight is 383 g/mol. The second kappa shape index (κ2) is 8.19. The molecule has 4 nitrogen and oxygen atoms in total. The van der Waals surface area contributed by atoms with E-state index in [1.165, 1.54) is 5.56 Å². The summed E-state index contributed by atoms with van der Waals surface area (Å²) in [7, 11) is 0. The van der Waals surface area contributed by atoms with Crippen molar-refractivity contribution in [2.24, 2.45) is 0 Å². The number of hydrogen-bond acceptors (Lipinski definition) is 4. The molecule has 2 aromatic heterocycles. The predicted octanol–water partition coefficient (Wildman–Crippen LogP) is 5.00. The van der Waals surface area contributed by atoms with E-state index in [1.54, 1.807) is 6.26 Å². The molecule has 0 spiro atoms. The van der Waals surface area contributed by atoms with Crippen molar-refractivity contribution in [2.45, 2.75) is 31.0 Å². The summed E-state index contributed by atoms with van der Waals surface area (Å²) in [5.74, 6) is 0. The summed E-state index contributed by atoms with van der Waals surface area (Å²) in [6, 6.07) is 25.7. The van der Waals surface area contributed by atoms with E-state index in [4.69, 9.17) is 4.42 Å². The third-order valence-electron chi connectivity index (χ3n) is 5.80. The van der Waals surface area contributed by atoms with Crippen molar-refractivity contribution in [1.82, 2.24) is 15.6 Å². The normalized spacial score (nSPS) is 20.6. The van der Waals surface area contributed by atoms with Gasteiger partial charge in [-0.3, -0.25) is 4.98 Å². The monoisotopic (exact) mass is 383 g/mol. The first-order valence-corrected chi connectivity index (χ1v) is 10.3. The molecular formula is C25H25N3O. The highest BCUT2D eigenvalue weighted by molar-refractivity contribution is 5.81. The Kier molecular flexibility index (Phi) is 5.11. The Morgan fingerprint density at radius 1 is 0.966 bits per heavy atom. The molecule has 1 aliphatic heterocycles. The van der Waals surface area contributed by atoms with Gasteiger partial charge < -0.3 is 15.1 Å². The molecule has 5 rings (SSSR count). The smallest absolute Gasteiger partial charge is 0.139 e. The van der Waals surface area contributed by atoms with E-state index in [-0.39, 0.29) is 12.1 Å². The highest BCUT2D eigenvalue weighted by atomic mass is 16.3. The van der Waals surface area contributed by atoms with Gasteiger partial charge in [-0.1, -0.05) is 54.6 Å². The molecule has 4 heteroatoms. The van der Waals surface area contributed by atoms with Crippen LogP contribution in [0.1, 0.15) is 41.7 Å². The molecule has 146 valence electrons. The summed E-state index contributed by atoms with van der Waals surface area (Å²) in [6.45, 7) is 1.04. The van der Waals surface area contributed by atoms with Crippen LogP contribution in [0.25, 0.3) is 11.0 Å². The maximum Gasteiger partial charge on any atom is 0.139 e. The maximum atomic E-state index is 5.87. The van der Waals surface area contributed by atoms with Crippen LogP contribution in [0.5, 0.6) is 0 Å². The number of piperidine rings is 1. The summed E-state index contributed by atoms with van der Waals surface area (Å²) in [5.41, 5.74) is 4.38. The summed E-state index contributed by atoms with van der Waals surface area (Å²) < 4.78 is 5.87. The van der Waals surface area contributed by atoms with Crippen molar-refractivity contribution in [3.8, 4) is 0 Å². The number of furan rings is 1. The van der Waals surface area contributed by atoms with Gasteiger partial charge in [-0.15, -0.1) is 0 Å². The lowest BCUT2D eigenvalue weighted by Crippen LogP contribution is -2.47. The van der Waals surface area contributed by atoms with Crippen LogP contribution in [0.15, 0.2) is 89.7 Å². The number of benzene rings is 2. The van der Waals surface area contributed by atoms with Crippen molar-refractivity contribution < 1.29 is 4.42 Å². The fraction of sp³-hybridized carbons (Fsp3) is 0.240. The van der Waals surface area contributed by atoms with Gasteiger partial charge in [0.2, 0.25) is 0 Å². The number of nitrogens with one attached hydrogen (secondary N) is 2. The first-order valence-electron chi connectivity index (χ1n) is 10.3. The molecule has 1 fully saturated rings. The predicted molar refractivity (Wildman–Crippen MR) is 116 cm³/mol.